The molecule has 7 heavy (non-hydrogen) atoms. The molecule has 0 aliphatic carbocycles. The smallest absolute Gasteiger partial charge is 0.470 e. The van der Waals surface area contributed by atoms with Crippen molar-refractivity contribution in [3.05, 3.63) is 18.6 Å². The summed E-state index contributed by atoms with van der Waals surface area (Å²) in [5.74, 6) is 0. The van der Waals surface area contributed by atoms with Gasteiger partial charge < -0.3 is 9.73 Å². The van der Waals surface area contributed by atoms with E-state index in [2.05, 4.69) is 5.32 Å². The Hall–Kier alpha value is -0.920. The minimum absolute atomic E-state index is 0. The molecule has 0 bridgehead atoms. The molecule has 0 saturated carbocycles. The second-order valence-corrected chi connectivity index (χ2v) is 1.26. The first-order valence-corrected chi connectivity index (χ1v) is 2.13. The molecule has 38 valence electrons. The number of hydrogen-bond acceptors (Lipinski definition) is 2. The molecule has 0 radical (unpaired) electrons. The zero-order valence-electron chi connectivity index (χ0n) is 5.14. The number of anilines is 1. The topological polar surface area (TPSA) is 25.2 Å². The van der Waals surface area contributed by atoms with Gasteiger partial charge >= 0.3 is 1.43 Å². The minimum atomic E-state index is 0. The van der Waals surface area contributed by atoms with Crippen molar-refractivity contribution in [2.75, 3.05) is 12.4 Å². The van der Waals surface area contributed by atoms with Crippen LogP contribution in [0.1, 0.15) is 1.43 Å². The molecule has 0 aromatic carbocycles. The van der Waals surface area contributed by atoms with Crippen molar-refractivity contribution >= 4 is 5.69 Å². The number of furan rings is 1. The summed E-state index contributed by atoms with van der Waals surface area (Å²) in [5, 5.41) is 2.91. The quantitative estimate of drug-likeness (QED) is 0.574. The fraction of sp³-hybridized carbons (Fsp3) is 0.200. The van der Waals surface area contributed by atoms with Gasteiger partial charge in [-0.05, 0) is 6.07 Å². The second-order valence-electron chi connectivity index (χ2n) is 1.26. The molecule has 0 spiro atoms. The lowest BCUT2D eigenvalue weighted by Gasteiger charge is -1.84. The highest BCUT2D eigenvalue weighted by atomic mass is 16.3. The highest BCUT2D eigenvalue weighted by molar-refractivity contribution is 5.37. The van der Waals surface area contributed by atoms with E-state index in [4.69, 9.17) is 4.42 Å². The Morgan fingerprint density at radius 3 is 3.00 bits per heavy atom. The van der Waals surface area contributed by atoms with Gasteiger partial charge in [-0.2, -0.15) is 0 Å². The summed E-state index contributed by atoms with van der Waals surface area (Å²) in [6.45, 7) is 0. The molecule has 1 heterocycles. The predicted octanol–water partition coefficient (Wildman–Crippen LogP) is 1.43. The summed E-state index contributed by atoms with van der Waals surface area (Å²) in [5.41, 5.74) is 1.01. The Kier molecular flexibility index (Phi) is 1.02. The Morgan fingerprint density at radius 2 is 2.71 bits per heavy atom. The number of hydrogen-bond donors (Lipinski definition) is 1. The maximum Gasteiger partial charge on any atom is 1.00 e. The summed E-state index contributed by atoms with van der Waals surface area (Å²) in [6, 6.07) is 1.86. The highest BCUT2D eigenvalue weighted by Crippen LogP contribution is 2.03. The fourth-order valence-electron chi connectivity index (χ4n) is 0.407. The molecule has 1 N–H and O–H groups in total. The first-order chi connectivity index (χ1) is 3.43. The molecule has 0 aliphatic rings. The maximum atomic E-state index is 4.74. The third-order valence-electron chi connectivity index (χ3n) is 0.810. The van der Waals surface area contributed by atoms with E-state index in [1.165, 1.54) is 0 Å². The van der Waals surface area contributed by atoms with Crippen LogP contribution in [0.5, 0.6) is 0 Å². The summed E-state index contributed by atoms with van der Waals surface area (Å²) >= 11 is 0. The molecular formula is C5H8NO+. The fourth-order valence-corrected chi connectivity index (χ4v) is 0.407. The minimum Gasteiger partial charge on any atom is -0.470 e. The van der Waals surface area contributed by atoms with Crippen molar-refractivity contribution in [2.24, 2.45) is 0 Å². The molecular weight excluding hydrogens is 90.1 g/mol. The largest absolute Gasteiger partial charge is 1.00 e. The van der Waals surface area contributed by atoms with Gasteiger partial charge in [0.1, 0.15) is 6.26 Å². The Balaban J connectivity index is 0.000000490. The molecule has 0 atom stereocenters. The predicted molar refractivity (Wildman–Crippen MR) is 29.4 cm³/mol. The summed E-state index contributed by atoms with van der Waals surface area (Å²) in [4.78, 5) is 0. The normalized spacial score (nSPS) is 8.71. The van der Waals surface area contributed by atoms with Crippen molar-refractivity contribution in [3.8, 4) is 0 Å². The lowest BCUT2D eigenvalue weighted by atomic mass is 10.5. The summed E-state index contributed by atoms with van der Waals surface area (Å²) in [7, 11) is 1.85. The van der Waals surface area contributed by atoms with Gasteiger partial charge in [0.15, 0.2) is 0 Å². The van der Waals surface area contributed by atoms with E-state index >= 15 is 0 Å². The molecule has 0 unspecified atom stereocenters. The van der Waals surface area contributed by atoms with E-state index < -0.39 is 0 Å². The molecule has 0 aliphatic heterocycles. The van der Waals surface area contributed by atoms with Crippen LogP contribution in [0.2, 0.25) is 0 Å². The van der Waals surface area contributed by atoms with E-state index in [9.17, 15) is 0 Å². The van der Waals surface area contributed by atoms with Gasteiger partial charge in [0.2, 0.25) is 0 Å². The van der Waals surface area contributed by atoms with Gasteiger partial charge in [-0.15, -0.1) is 0 Å². The van der Waals surface area contributed by atoms with Crippen LogP contribution in [-0.4, -0.2) is 7.05 Å². The SMILES string of the molecule is CNc1ccoc1.[H+]. The zero-order valence-corrected chi connectivity index (χ0v) is 4.14. The molecule has 0 fully saturated rings. The van der Waals surface area contributed by atoms with Crippen LogP contribution in [0, 0.1) is 0 Å². The van der Waals surface area contributed by atoms with Crippen LogP contribution in [0.25, 0.3) is 0 Å². The van der Waals surface area contributed by atoms with Crippen LogP contribution in [0.3, 0.4) is 0 Å². The van der Waals surface area contributed by atoms with E-state index in [1.54, 1.807) is 12.5 Å². The van der Waals surface area contributed by atoms with E-state index in [0.717, 1.165) is 5.69 Å². The Morgan fingerprint density at radius 1 is 1.86 bits per heavy atom. The van der Waals surface area contributed by atoms with Crippen LogP contribution in [0.15, 0.2) is 23.0 Å². The molecule has 0 amide bonds. The number of nitrogens with one attached hydrogen (secondary N) is 1. The molecule has 1 aromatic rings. The van der Waals surface area contributed by atoms with Crippen molar-refractivity contribution in [2.45, 2.75) is 0 Å². The first kappa shape index (κ1) is 4.24. The first-order valence-electron chi connectivity index (χ1n) is 2.13. The molecule has 1 aromatic heterocycles. The molecule has 1 rings (SSSR count). The van der Waals surface area contributed by atoms with Gasteiger partial charge in [-0.1, -0.05) is 0 Å². The standard InChI is InChI=1S/C5H7NO/c1-6-5-2-3-7-4-5/h2-4,6H,1H3/p+1. The monoisotopic (exact) mass is 98.1 g/mol. The van der Waals surface area contributed by atoms with Gasteiger partial charge in [0, 0.05) is 7.05 Å². The van der Waals surface area contributed by atoms with Crippen LogP contribution < -0.4 is 5.32 Å². The Bertz CT molecular complexity index is 127. The number of rotatable bonds is 1. The average Bonchev–Trinajstić information content (AvgIpc) is 2.14. The van der Waals surface area contributed by atoms with Crippen LogP contribution in [0.4, 0.5) is 5.69 Å². The van der Waals surface area contributed by atoms with Crippen molar-refractivity contribution in [3.63, 3.8) is 0 Å². The van der Waals surface area contributed by atoms with Gasteiger partial charge in [-0.3, -0.25) is 0 Å². The van der Waals surface area contributed by atoms with E-state index in [1.807, 2.05) is 13.1 Å². The van der Waals surface area contributed by atoms with Gasteiger partial charge in [0.25, 0.3) is 0 Å². The highest BCUT2D eigenvalue weighted by Gasteiger charge is 1.82. The maximum absolute atomic E-state index is 4.74. The van der Waals surface area contributed by atoms with Gasteiger partial charge in [-0.25, -0.2) is 0 Å². The van der Waals surface area contributed by atoms with Crippen LogP contribution in [-0.2, 0) is 0 Å². The van der Waals surface area contributed by atoms with Crippen LogP contribution >= 0.6 is 0 Å². The lowest BCUT2D eigenvalue weighted by molar-refractivity contribution is 0.568. The Labute approximate surface area is 43.6 Å². The van der Waals surface area contributed by atoms with E-state index in [0.29, 0.717) is 0 Å². The van der Waals surface area contributed by atoms with Crippen molar-refractivity contribution < 1.29 is 5.84 Å². The zero-order chi connectivity index (χ0) is 5.11. The average molecular weight is 98.1 g/mol. The molecule has 2 nitrogen and oxygen atoms in total. The van der Waals surface area contributed by atoms with Crippen molar-refractivity contribution in [1.29, 1.82) is 0 Å². The third-order valence-corrected chi connectivity index (χ3v) is 0.810. The molecule has 2 heteroatoms. The van der Waals surface area contributed by atoms with Crippen molar-refractivity contribution in [1.82, 2.24) is 0 Å². The lowest BCUT2D eigenvalue weighted by Crippen LogP contribution is -1.81. The summed E-state index contributed by atoms with van der Waals surface area (Å²) in [6.07, 6.45) is 3.28. The van der Waals surface area contributed by atoms with E-state index in [-0.39, 0.29) is 1.43 Å². The summed E-state index contributed by atoms with van der Waals surface area (Å²) < 4.78 is 4.74. The van der Waals surface area contributed by atoms with Gasteiger partial charge in [0.05, 0.1) is 12.0 Å². The molecule has 0 saturated heterocycles. The second kappa shape index (κ2) is 1.69. The third kappa shape index (κ3) is 0.738.